The second-order valence-corrected chi connectivity index (χ2v) is 9.24. The number of hydrogen-bond donors (Lipinski definition) is 0. The maximum atomic E-state index is 13.4. The van der Waals surface area contributed by atoms with Crippen molar-refractivity contribution < 1.29 is 9.59 Å². The number of aromatic nitrogens is 2. The summed E-state index contributed by atoms with van der Waals surface area (Å²) in [4.78, 5) is 30.5. The van der Waals surface area contributed by atoms with E-state index in [2.05, 4.69) is 15.1 Å². The molecule has 0 unspecified atom stereocenters. The molecule has 1 aliphatic rings. The number of halogens is 1. The lowest BCUT2D eigenvalue weighted by Crippen LogP contribution is -2.49. The normalized spacial score (nSPS) is 13.5. The van der Waals surface area contributed by atoms with Crippen LogP contribution in [0.3, 0.4) is 0 Å². The number of amides is 1. The number of benzene rings is 3. The van der Waals surface area contributed by atoms with Crippen molar-refractivity contribution in [2.24, 2.45) is 0 Å². The molecule has 1 amide bonds. The van der Waals surface area contributed by atoms with Crippen molar-refractivity contribution in [3.05, 3.63) is 112 Å². The molecule has 0 saturated carbocycles. The highest BCUT2D eigenvalue weighted by Gasteiger charge is 2.26. The molecule has 2 heterocycles. The number of nitrogens with zero attached hydrogens (tertiary/aromatic N) is 4. The fraction of sp³-hybridized carbons (Fsp3) is 0.172. The van der Waals surface area contributed by atoms with E-state index >= 15 is 0 Å². The average Bonchev–Trinajstić information content (AvgIpc) is 2.93. The number of hydrogen-bond acceptors (Lipinski definition) is 5. The van der Waals surface area contributed by atoms with Crippen molar-refractivity contribution in [2.75, 3.05) is 31.1 Å². The van der Waals surface area contributed by atoms with Crippen LogP contribution in [0.1, 0.15) is 31.8 Å². The minimum absolute atomic E-state index is 0.130. The molecule has 4 aromatic rings. The Morgan fingerprint density at radius 1 is 0.750 bits per heavy atom. The van der Waals surface area contributed by atoms with Crippen molar-refractivity contribution in [2.45, 2.75) is 6.92 Å². The molecule has 1 saturated heterocycles. The minimum Gasteiger partial charge on any atom is -0.352 e. The van der Waals surface area contributed by atoms with Crippen molar-refractivity contribution in [3.8, 4) is 11.3 Å². The summed E-state index contributed by atoms with van der Waals surface area (Å²) in [6.07, 6.45) is 0. The number of carbonyl (C=O) groups is 2. The van der Waals surface area contributed by atoms with Crippen LogP contribution in [0.2, 0.25) is 5.02 Å². The van der Waals surface area contributed by atoms with Gasteiger partial charge in [0, 0.05) is 47.9 Å². The van der Waals surface area contributed by atoms with Crippen molar-refractivity contribution in [3.63, 3.8) is 0 Å². The van der Waals surface area contributed by atoms with E-state index in [-0.39, 0.29) is 11.7 Å². The van der Waals surface area contributed by atoms with Crippen molar-refractivity contribution in [1.82, 2.24) is 15.1 Å². The first kappa shape index (κ1) is 23.7. The van der Waals surface area contributed by atoms with E-state index in [0.717, 1.165) is 22.6 Å². The number of piperazine rings is 1. The van der Waals surface area contributed by atoms with Crippen LogP contribution >= 0.6 is 11.6 Å². The lowest BCUT2D eigenvalue weighted by atomic mass is 9.97. The molecule has 3 aromatic carbocycles. The van der Waals surface area contributed by atoms with Gasteiger partial charge >= 0.3 is 0 Å². The summed E-state index contributed by atoms with van der Waals surface area (Å²) >= 11 is 5.97. The summed E-state index contributed by atoms with van der Waals surface area (Å²) in [5, 5.41) is 9.45. The summed E-state index contributed by atoms with van der Waals surface area (Å²) < 4.78 is 0. The first-order chi connectivity index (χ1) is 17.5. The monoisotopic (exact) mass is 496 g/mol. The smallest absolute Gasteiger partial charge is 0.254 e. The van der Waals surface area contributed by atoms with Gasteiger partial charge in [-0.25, -0.2) is 0 Å². The lowest BCUT2D eigenvalue weighted by Gasteiger charge is -2.35. The molecular weight excluding hydrogens is 472 g/mol. The van der Waals surface area contributed by atoms with Crippen molar-refractivity contribution >= 4 is 29.1 Å². The number of carbonyl (C=O) groups excluding carboxylic acids is 2. The first-order valence-electron chi connectivity index (χ1n) is 11.8. The summed E-state index contributed by atoms with van der Waals surface area (Å²) in [7, 11) is 0. The highest BCUT2D eigenvalue weighted by Crippen LogP contribution is 2.22. The van der Waals surface area contributed by atoms with Gasteiger partial charge in [-0.05, 0) is 37.3 Å². The third kappa shape index (κ3) is 4.99. The third-order valence-corrected chi connectivity index (χ3v) is 6.65. The Morgan fingerprint density at radius 2 is 1.42 bits per heavy atom. The molecular formula is C29H25ClN4O2. The van der Waals surface area contributed by atoms with Gasteiger partial charge in [0.1, 0.15) is 0 Å². The Hall–Kier alpha value is -4.03. The van der Waals surface area contributed by atoms with Crippen LogP contribution in [0.25, 0.3) is 11.3 Å². The van der Waals surface area contributed by atoms with Gasteiger partial charge in [-0.2, -0.15) is 0 Å². The first-order valence-corrected chi connectivity index (χ1v) is 12.2. The van der Waals surface area contributed by atoms with Gasteiger partial charge in [-0.3, -0.25) is 9.59 Å². The molecule has 5 rings (SSSR count). The average molecular weight is 497 g/mol. The minimum atomic E-state index is -0.145. The zero-order chi connectivity index (χ0) is 25.1. The standard InChI is InChI=1S/C29H25ClN4O2/c1-20-6-8-22(9-7-20)28(35)24-4-2-3-5-25(24)29(36)34-18-16-33(17-19-34)27-15-14-26(31-32-27)21-10-12-23(30)13-11-21/h2-15H,16-19H2,1H3. The maximum Gasteiger partial charge on any atom is 0.254 e. The van der Waals surface area contributed by atoms with E-state index in [0.29, 0.717) is 47.9 Å². The molecule has 1 fully saturated rings. The quantitative estimate of drug-likeness (QED) is 0.351. The predicted octanol–water partition coefficient (Wildman–Crippen LogP) is 5.30. The number of aryl methyl sites for hydroxylation is 1. The SMILES string of the molecule is Cc1ccc(C(=O)c2ccccc2C(=O)N2CCN(c3ccc(-c4ccc(Cl)cc4)nn3)CC2)cc1. The fourth-order valence-electron chi connectivity index (χ4n) is 4.31. The van der Waals surface area contributed by atoms with E-state index < -0.39 is 0 Å². The second-order valence-electron chi connectivity index (χ2n) is 8.80. The van der Waals surface area contributed by atoms with Gasteiger partial charge in [0.25, 0.3) is 5.91 Å². The van der Waals surface area contributed by atoms with Gasteiger partial charge < -0.3 is 9.80 Å². The maximum absolute atomic E-state index is 13.4. The molecule has 6 nitrogen and oxygen atoms in total. The van der Waals surface area contributed by atoms with Crippen LogP contribution in [-0.2, 0) is 0 Å². The molecule has 0 spiro atoms. The van der Waals surface area contributed by atoms with E-state index in [9.17, 15) is 9.59 Å². The van der Waals surface area contributed by atoms with Gasteiger partial charge in [0.15, 0.2) is 11.6 Å². The van der Waals surface area contributed by atoms with Crippen LogP contribution in [0, 0.1) is 6.92 Å². The predicted molar refractivity (Wildman–Crippen MR) is 142 cm³/mol. The van der Waals surface area contributed by atoms with Gasteiger partial charge in [0.05, 0.1) is 11.3 Å². The molecule has 36 heavy (non-hydrogen) atoms. The zero-order valence-corrected chi connectivity index (χ0v) is 20.7. The molecule has 7 heteroatoms. The molecule has 0 atom stereocenters. The van der Waals surface area contributed by atoms with Gasteiger partial charge in [0.2, 0.25) is 0 Å². The van der Waals surface area contributed by atoms with Crippen LogP contribution in [0.5, 0.6) is 0 Å². The molecule has 0 aliphatic carbocycles. The topological polar surface area (TPSA) is 66.4 Å². The number of rotatable bonds is 5. The number of ketones is 1. The molecule has 0 bridgehead atoms. The summed E-state index contributed by atoms with van der Waals surface area (Å²) in [6.45, 7) is 4.31. The van der Waals surface area contributed by atoms with Gasteiger partial charge in [-0.1, -0.05) is 71.8 Å². The third-order valence-electron chi connectivity index (χ3n) is 6.40. The van der Waals surface area contributed by atoms with Crippen LogP contribution in [-0.4, -0.2) is 53.0 Å². The van der Waals surface area contributed by atoms with Crippen LogP contribution in [0.15, 0.2) is 84.9 Å². The second kappa shape index (κ2) is 10.3. The van der Waals surface area contributed by atoms with E-state index in [4.69, 9.17) is 11.6 Å². The van der Waals surface area contributed by atoms with E-state index in [1.165, 1.54) is 0 Å². The summed E-state index contributed by atoms with van der Waals surface area (Å²) in [5.41, 5.74) is 4.25. The molecule has 0 radical (unpaired) electrons. The highest BCUT2D eigenvalue weighted by atomic mass is 35.5. The van der Waals surface area contributed by atoms with E-state index in [1.54, 1.807) is 41.3 Å². The van der Waals surface area contributed by atoms with Gasteiger partial charge in [-0.15, -0.1) is 10.2 Å². The number of anilines is 1. The Balaban J connectivity index is 1.26. The van der Waals surface area contributed by atoms with Crippen molar-refractivity contribution in [1.29, 1.82) is 0 Å². The summed E-state index contributed by atoms with van der Waals surface area (Å²) in [5.74, 6) is 0.498. The molecule has 1 aromatic heterocycles. The summed E-state index contributed by atoms with van der Waals surface area (Å²) in [6, 6.07) is 25.8. The fourth-order valence-corrected chi connectivity index (χ4v) is 4.43. The zero-order valence-electron chi connectivity index (χ0n) is 19.9. The highest BCUT2D eigenvalue weighted by molar-refractivity contribution is 6.30. The van der Waals surface area contributed by atoms with Crippen LogP contribution < -0.4 is 4.90 Å². The van der Waals surface area contributed by atoms with Crippen LogP contribution in [0.4, 0.5) is 5.82 Å². The van der Waals surface area contributed by atoms with E-state index in [1.807, 2.05) is 55.5 Å². The Kier molecular flexibility index (Phi) is 6.78. The Morgan fingerprint density at radius 3 is 2.06 bits per heavy atom. The molecule has 180 valence electrons. The largest absolute Gasteiger partial charge is 0.352 e. The molecule has 1 aliphatic heterocycles. The molecule has 0 N–H and O–H groups in total. The Bertz CT molecular complexity index is 1380. The lowest BCUT2D eigenvalue weighted by molar-refractivity contribution is 0.0742. The Labute approximate surface area is 215 Å².